The molecular formula is C31H38FN3O3. The fourth-order valence-electron chi connectivity index (χ4n) is 6.53. The van der Waals surface area contributed by atoms with Gasteiger partial charge in [-0.15, -0.1) is 0 Å². The number of hydrogen-bond donors (Lipinski definition) is 1. The molecule has 1 N–H and O–H groups in total. The number of rotatable bonds is 8. The predicted octanol–water partition coefficient (Wildman–Crippen LogP) is 5.31. The van der Waals surface area contributed by atoms with Gasteiger partial charge in [0.15, 0.2) is 0 Å². The van der Waals surface area contributed by atoms with Crippen molar-refractivity contribution >= 4 is 17.8 Å². The van der Waals surface area contributed by atoms with E-state index in [4.69, 9.17) is 0 Å². The van der Waals surface area contributed by atoms with E-state index in [0.29, 0.717) is 19.6 Å². The summed E-state index contributed by atoms with van der Waals surface area (Å²) in [6.07, 6.45) is 7.62. The van der Waals surface area contributed by atoms with E-state index < -0.39 is 0 Å². The highest BCUT2D eigenvalue weighted by Gasteiger charge is 2.47. The van der Waals surface area contributed by atoms with E-state index >= 15 is 0 Å². The first kappa shape index (κ1) is 26.4. The number of imide groups is 1. The second-order valence-electron chi connectivity index (χ2n) is 11.2. The summed E-state index contributed by atoms with van der Waals surface area (Å²) in [6.45, 7) is 1.35. The standard InChI is InChI=1S/C31H38FN3O3/c32-26-10-6-9-24(19-26)21-34-28-12-5-4-11-27(28)30(37)35(31(34)38)20-23-13-15-25(16-14-23)29(36)33-18-17-22-7-2-1-3-8-22/h1-3,6-10,19,23,25,27-28H,4-5,11-18,20-21H2,(H,33,36). The second-order valence-corrected chi connectivity index (χ2v) is 11.2. The van der Waals surface area contributed by atoms with Gasteiger partial charge in [0.1, 0.15) is 5.82 Å². The molecule has 2 aliphatic carbocycles. The van der Waals surface area contributed by atoms with E-state index in [1.165, 1.54) is 22.6 Å². The first-order chi connectivity index (χ1) is 18.5. The number of nitrogens with one attached hydrogen (secondary N) is 1. The minimum Gasteiger partial charge on any atom is -0.356 e. The van der Waals surface area contributed by atoms with Gasteiger partial charge in [-0.05, 0) is 74.1 Å². The van der Waals surface area contributed by atoms with Crippen molar-refractivity contribution in [3.05, 3.63) is 71.5 Å². The Morgan fingerprint density at radius 2 is 1.63 bits per heavy atom. The molecule has 2 aromatic carbocycles. The number of carbonyl (C=O) groups excluding carboxylic acids is 3. The molecule has 38 heavy (non-hydrogen) atoms. The van der Waals surface area contributed by atoms with E-state index in [0.717, 1.165) is 63.4 Å². The normalized spacial score (nSPS) is 25.7. The third kappa shape index (κ3) is 6.08. The maximum Gasteiger partial charge on any atom is 0.327 e. The van der Waals surface area contributed by atoms with Crippen LogP contribution < -0.4 is 5.32 Å². The average Bonchev–Trinajstić information content (AvgIpc) is 2.94. The highest BCUT2D eigenvalue weighted by molar-refractivity contribution is 5.98. The highest BCUT2D eigenvalue weighted by Crippen LogP contribution is 2.37. The summed E-state index contributed by atoms with van der Waals surface area (Å²) < 4.78 is 13.8. The first-order valence-electron chi connectivity index (χ1n) is 14.2. The van der Waals surface area contributed by atoms with E-state index in [1.54, 1.807) is 6.07 Å². The minimum absolute atomic E-state index is 0.0121. The van der Waals surface area contributed by atoms with E-state index in [1.807, 2.05) is 29.2 Å². The SMILES string of the molecule is O=C(NCCc1ccccc1)C1CCC(CN2C(=O)C3CCCCC3N(Cc3cccc(F)c3)C2=O)CC1. The Labute approximate surface area is 224 Å². The Bertz CT molecular complexity index is 1130. The van der Waals surface area contributed by atoms with Crippen LogP contribution in [-0.2, 0) is 22.6 Å². The summed E-state index contributed by atoms with van der Waals surface area (Å²) >= 11 is 0. The van der Waals surface area contributed by atoms with Crippen molar-refractivity contribution in [3.63, 3.8) is 0 Å². The maximum absolute atomic E-state index is 13.8. The molecule has 2 atom stereocenters. The summed E-state index contributed by atoms with van der Waals surface area (Å²) in [7, 11) is 0. The quantitative estimate of drug-likeness (QED) is 0.514. The highest BCUT2D eigenvalue weighted by atomic mass is 19.1. The van der Waals surface area contributed by atoms with Crippen LogP contribution in [0.2, 0.25) is 0 Å². The molecule has 0 aromatic heterocycles. The minimum atomic E-state index is -0.319. The molecule has 202 valence electrons. The summed E-state index contributed by atoms with van der Waals surface area (Å²) in [4.78, 5) is 43.1. The Hall–Kier alpha value is -3.22. The third-order valence-corrected chi connectivity index (χ3v) is 8.65. The van der Waals surface area contributed by atoms with Gasteiger partial charge in [0.25, 0.3) is 0 Å². The smallest absolute Gasteiger partial charge is 0.327 e. The lowest BCUT2D eigenvalue weighted by Gasteiger charge is -2.47. The van der Waals surface area contributed by atoms with Gasteiger partial charge in [-0.3, -0.25) is 14.5 Å². The molecular weight excluding hydrogens is 481 g/mol. The topological polar surface area (TPSA) is 69.7 Å². The molecule has 0 spiro atoms. The van der Waals surface area contributed by atoms with Gasteiger partial charge in [-0.2, -0.15) is 0 Å². The van der Waals surface area contributed by atoms with Crippen molar-refractivity contribution < 1.29 is 18.8 Å². The molecule has 0 radical (unpaired) electrons. The number of urea groups is 1. The Morgan fingerprint density at radius 3 is 2.39 bits per heavy atom. The fraction of sp³-hybridized carbons (Fsp3) is 0.516. The monoisotopic (exact) mass is 519 g/mol. The number of halogens is 1. The zero-order valence-electron chi connectivity index (χ0n) is 22.0. The van der Waals surface area contributed by atoms with Crippen LogP contribution in [0.4, 0.5) is 9.18 Å². The summed E-state index contributed by atoms with van der Waals surface area (Å²) in [6, 6.07) is 16.1. The van der Waals surface area contributed by atoms with Gasteiger partial charge in [0, 0.05) is 31.6 Å². The molecule has 5 rings (SSSR count). The number of benzene rings is 2. The van der Waals surface area contributed by atoms with Crippen LogP contribution in [0.3, 0.4) is 0 Å². The number of nitrogens with zero attached hydrogens (tertiary/aromatic N) is 2. The van der Waals surface area contributed by atoms with Gasteiger partial charge in [-0.25, -0.2) is 9.18 Å². The van der Waals surface area contributed by atoms with Crippen LogP contribution in [0.1, 0.15) is 62.5 Å². The van der Waals surface area contributed by atoms with Crippen molar-refractivity contribution in [3.8, 4) is 0 Å². The predicted molar refractivity (Wildman–Crippen MR) is 143 cm³/mol. The van der Waals surface area contributed by atoms with Crippen molar-refractivity contribution in [1.82, 2.24) is 15.1 Å². The number of fused-ring (bicyclic) bond motifs is 1. The van der Waals surface area contributed by atoms with E-state index in [-0.39, 0.29) is 47.5 Å². The lowest BCUT2D eigenvalue weighted by molar-refractivity contribution is -0.142. The van der Waals surface area contributed by atoms with Gasteiger partial charge < -0.3 is 10.2 Å². The van der Waals surface area contributed by atoms with E-state index in [2.05, 4.69) is 17.4 Å². The molecule has 7 heteroatoms. The van der Waals surface area contributed by atoms with Crippen LogP contribution >= 0.6 is 0 Å². The molecule has 6 nitrogen and oxygen atoms in total. The molecule has 1 heterocycles. The van der Waals surface area contributed by atoms with Gasteiger partial charge in [-0.1, -0.05) is 55.3 Å². The first-order valence-corrected chi connectivity index (χ1v) is 14.2. The van der Waals surface area contributed by atoms with Crippen LogP contribution in [-0.4, -0.2) is 46.8 Å². The van der Waals surface area contributed by atoms with Gasteiger partial charge >= 0.3 is 6.03 Å². The zero-order valence-corrected chi connectivity index (χ0v) is 22.0. The molecule has 3 aliphatic rings. The molecule has 4 amide bonds. The summed E-state index contributed by atoms with van der Waals surface area (Å²) in [5, 5.41) is 3.08. The van der Waals surface area contributed by atoms with Crippen molar-refractivity contribution in [2.24, 2.45) is 17.8 Å². The molecule has 3 fully saturated rings. The van der Waals surface area contributed by atoms with Crippen LogP contribution in [0.25, 0.3) is 0 Å². The number of carbonyl (C=O) groups is 3. The van der Waals surface area contributed by atoms with Gasteiger partial charge in [0.05, 0.1) is 5.92 Å². The third-order valence-electron chi connectivity index (χ3n) is 8.65. The Morgan fingerprint density at radius 1 is 0.895 bits per heavy atom. The average molecular weight is 520 g/mol. The lowest BCUT2D eigenvalue weighted by Crippen LogP contribution is -2.62. The molecule has 2 unspecified atom stereocenters. The fourth-order valence-corrected chi connectivity index (χ4v) is 6.53. The van der Waals surface area contributed by atoms with Crippen molar-refractivity contribution in [2.45, 2.75) is 70.4 Å². The van der Waals surface area contributed by atoms with Crippen LogP contribution in [0.5, 0.6) is 0 Å². The van der Waals surface area contributed by atoms with Crippen molar-refractivity contribution in [2.75, 3.05) is 13.1 Å². The van der Waals surface area contributed by atoms with Crippen molar-refractivity contribution in [1.29, 1.82) is 0 Å². The molecule has 1 aliphatic heterocycles. The molecule has 0 bridgehead atoms. The summed E-state index contributed by atoms with van der Waals surface area (Å²) in [5.74, 6) is -0.246. The lowest BCUT2D eigenvalue weighted by atomic mass is 9.79. The van der Waals surface area contributed by atoms with Gasteiger partial charge in [0.2, 0.25) is 11.8 Å². The van der Waals surface area contributed by atoms with E-state index in [9.17, 15) is 18.8 Å². The number of hydrogen-bond acceptors (Lipinski definition) is 3. The maximum atomic E-state index is 13.8. The number of amides is 4. The van der Waals surface area contributed by atoms with Crippen LogP contribution in [0, 0.1) is 23.6 Å². The second kappa shape index (κ2) is 12.1. The zero-order chi connectivity index (χ0) is 26.5. The summed E-state index contributed by atoms with van der Waals surface area (Å²) in [5.41, 5.74) is 1.95. The molecule has 2 aromatic rings. The molecule has 2 saturated carbocycles. The Balaban J connectivity index is 1.17. The largest absolute Gasteiger partial charge is 0.356 e. The van der Waals surface area contributed by atoms with Crippen LogP contribution in [0.15, 0.2) is 54.6 Å². The molecule has 1 saturated heterocycles. The Kier molecular flexibility index (Phi) is 8.40.